The third-order valence-electron chi connectivity index (χ3n) is 3.40. The quantitative estimate of drug-likeness (QED) is 0.748. The van der Waals surface area contributed by atoms with Gasteiger partial charge in [-0.3, -0.25) is 10.1 Å². The van der Waals surface area contributed by atoms with Gasteiger partial charge in [0.1, 0.15) is 11.5 Å². The number of nitrogens with zero attached hydrogens (tertiary/aromatic N) is 2. The lowest BCUT2D eigenvalue weighted by atomic mass is 10.2. The molecule has 25 heavy (non-hydrogen) atoms. The van der Waals surface area contributed by atoms with Crippen molar-refractivity contribution in [2.24, 2.45) is 0 Å². The van der Waals surface area contributed by atoms with Crippen molar-refractivity contribution in [2.45, 2.75) is 0 Å². The third kappa shape index (κ3) is 3.56. The number of carbonyl (C=O) groups is 1. The average molecular weight is 360 g/mol. The molecule has 1 N–H and O–H groups in total. The van der Waals surface area contributed by atoms with Crippen molar-refractivity contribution in [3.8, 4) is 23.0 Å². The van der Waals surface area contributed by atoms with Crippen LogP contribution >= 0.6 is 11.6 Å². The Morgan fingerprint density at radius 3 is 2.64 bits per heavy atom. The van der Waals surface area contributed by atoms with Gasteiger partial charge in [0, 0.05) is 6.07 Å². The van der Waals surface area contributed by atoms with Gasteiger partial charge in [-0.15, -0.1) is 5.10 Å². The number of nitrogens with one attached hydrogen (secondary N) is 1. The fraction of sp³-hybridized carbons (Fsp3) is 0.118. The molecule has 0 aliphatic rings. The van der Waals surface area contributed by atoms with E-state index in [9.17, 15) is 4.79 Å². The lowest BCUT2D eigenvalue weighted by Gasteiger charge is -2.09. The lowest BCUT2D eigenvalue weighted by Crippen LogP contribution is -2.13. The summed E-state index contributed by atoms with van der Waals surface area (Å²) >= 11 is 6.09. The minimum atomic E-state index is -0.450. The van der Waals surface area contributed by atoms with Crippen LogP contribution in [0.15, 0.2) is 46.9 Å². The van der Waals surface area contributed by atoms with Crippen LogP contribution in [0, 0.1) is 0 Å². The Hall–Kier alpha value is -3.06. The minimum absolute atomic E-state index is 0.0437. The summed E-state index contributed by atoms with van der Waals surface area (Å²) in [7, 11) is 3.00. The molecular formula is C17H14ClN3O4. The summed E-state index contributed by atoms with van der Waals surface area (Å²) in [4.78, 5) is 12.4. The molecule has 0 spiro atoms. The topological polar surface area (TPSA) is 86.5 Å². The van der Waals surface area contributed by atoms with Crippen LogP contribution in [-0.4, -0.2) is 30.3 Å². The van der Waals surface area contributed by atoms with Crippen LogP contribution < -0.4 is 14.8 Å². The van der Waals surface area contributed by atoms with E-state index >= 15 is 0 Å². The van der Waals surface area contributed by atoms with Crippen LogP contribution in [0.5, 0.6) is 11.5 Å². The zero-order valence-corrected chi connectivity index (χ0v) is 14.2. The fourth-order valence-corrected chi connectivity index (χ4v) is 2.38. The van der Waals surface area contributed by atoms with Crippen LogP contribution in [-0.2, 0) is 0 Å². The second-order valence-corrected chi connectivity index (χ2v) is 5.32. The summed E-state index contributed by atoms with van der Waals surface area (Å²) < 4.78 is 15.8. The van der Waals surface area contributed by atoms with Crippen LogP contribution in [0.3, 0.4) is 0 Å². The summed E-state index contributed by atoms with van der Waals surface area (Å²) in [6.07, 6.45) is 0. The number of hydrogen-bond acceptors (Lipinski definition) is 6. The van der Waals surface area contributed by atoms with Crippen molar-refractivity contribution < 1.29 is 18.7 Å². The number of amides is 1. The largest absolute Gasteiger partial charge is 0.497 e. The van der Waals surface area contributed by atoms with Gasteiger partial charge in [0.15, 0.2) is 0 Å². The first-order chi connectivity index (χ1) is 12.1. The molecule has 0 aliphatic carbocycles. The Morgan fingerprint density at radius 1 is 1.12 bits per heavy atom. The second-order valence-electron chi connectivity index (χ2n) is 4.91. The van der Waals surface area contributed by atoms with Gasteiger partial charge in [-0.1, -0.05) is 28.8 Å². The van der Waals surface area contributed by atoms with E-state index in [0.29, 0.717) is 27.6 Å². The van der Waals surface area contributed by atoms with E-state index in [2.05, 4.69) is 15.5 Å². The third-order valence-corrected chi connectivity index (χ3v) is 3.73. The summed E-state index contributed by atoms with van der Waals surface area (Å²) in [6.45, 7) is 0. The molecule has 7 nitrogen and oxygen atoms in total. The number of aromatic nitrogens is 2. The molecule has 1 heterocycles. The maximum absolute atomic E-state index is 12.4. The molecule has 3 rings (SSSR count). The number of methoxy groups -OCH3 is 2. The lowest BCUT2D eigenvalue weighted by molar-refractivity contribution is 0.102. The summed E-state index contributed by atoms with van der Waals surface area (Å²) in [6, 6.07) is 11.8. The Bertz CT molecular complexity index is 910. The van der Waals surface area contributed by atoms with Crippen molar-refractivity contribution in [2.75, 3.05) is 19.5 Å². The normalized spacial score (nSPS) is 10.4. The van der Waals surface area contributed by atoms with Gasteiger partial charge in [-0.25, -0.2) is 0 Å². The first-order valence-electron chi connectivity index (χ1n) is 7.24. The summed E-state index contributed by atoms with van der Waals surface area (Å²) in [5.41, 5.74) is 0.889. The zero-order valence-electron chi connectivity index (χ0n) is 13.4. The minimum Gasteiger partial charge on any atom is -0.497 e. The highest BCUT2D eigenvalue weighted by atomic mass is 35.5. The predicted molar refractivity (Wildman–Crippen MR) is 92.2 cm³/mol. The van der Waals surface area contributed by atoms with Gasteiger partial charge in [0.2, 0.25) is 0 Å². The summed E-state index contributed by atoms with van der Waals surface area (Å²) in [5, 5.41) is 10.7. The van der Waals surface area contributed by atoms with Gasteiger partial charge in [-0.05, 0) is 24.3 Å². The van der Waals surface area contributed by atoms with E-state index in [1.54, 1.807) is 42.5 Å². The number of ether oxygens (including phenoxy) is 2. The number of halogens is 1. The molecule has 0 aliphatic heterocycles. The number of hydrogen-bond donors (Lipinski definition) is 1. The van der Waals surface area contributed by atoms with Crippen molar-refractivity contribution in [1.29, 1.82) is 0 Å². The van der Waals surface area contributed by atoms with Gasteiger partial charge >= 0.3 is 6.01 Å². The monoisotopic (exact) mass is 359 g/mol. The van der Waals surface area contributed by atoms with Crippen LogP contribution in [0.2, 0.25) is 5.02 Å². The van der Waals surface area contributed by atoms with E-state index in [1.807, 2.05) is 0 Å². The molecule has 3 aromatic rings. The SMILES string of the molecule is COc1ccc(C(=O)Nc2nnc(-c3ccccc3Cl)o2)c(OC)c1. The van der Waals surface area contributed by atoms with E-state index < -0.39 is 5.91 Å². The van der Waals surface area contributed by atoms with Crippen molar-refractivity contribution in [3.63, 3.8) is 0 Å². The molecule has 2 aromatic carbocycles. The molecule has 0 radical (unpaired) electrons. The number of anilines is 1. The number of rotatable bonds is 5. The molecule has 1 aromatic heterocycles. The molecule has 128 valence electrons. The zero-order chi connectivity index (χ0) is 17.8. The number of benzene rings is 2. The molecule has 8 heteroatoms. The van der Waals surface area contributed by atoms with Crippen LogP contribution in [0.4, 0.5) is 6.01 Å². The van der Waals surface area contributed by atoms with E-state index in [1.165, 1.54) is 14.2 Å². The highest BCUT2D eigenvalue weighted by Gasteiger charge is 2.17. The highest BCUT2D eigenvalue weighted by molar-refractivity contribution is 6.33. The second kappa shape index (κ2) is 7.23. The first-order valence-corrected chi connectivity index (χ1v) is 7.62. The molecule has 1 amide bonds. The molecule has 0 fully saturated rings. The average Bonchev–Trinajstić information content (AvgIpc) is 3.09. The van der Waals surface area contributed by atoms with Gasteiger partial charge in [0.05, 0.1) is 30.4 Å². The van der Waals surface area contributed by atoms with Crippen molar-refractivity contribution in [1.82, 2.24) is 10.2 Å². The maximum atomic E-state index is 12.4. The highest BCUT2D eigenvalue weighted by Crippen LogP contribution is 2.28. The summed E-state index contributed by atoms with van der Waals surface area (Å²) in [5.74, 6) is 0.700. The standard InChI is InChI=1S/C17H14ClN3O4/c1-23-10-7-8-12(14(9-10)24-2)15(22)19-17-21-20-16(25-17)11-5-3-4-6-13(11)18/h3-9H,1-2H3,(H,19,21,22). The predicted octanol–water partition coefficient (Wildman–Crippen LogP) is 3.66. The molecule has 0 atom stereocenters. The molecule has 0 bridgehead atoms. The Balaban J connectivity index is 1.82. The Labute approximate surface area is 148 Å². The molecule has 0 saturated heterocycles. The van der Waals surface area contributed by atoms with E-state index in [-0.39, 0.29) is 11.9 Å². The smallest absolute Gasteiger partial charge is 0.322 e. The van der Waals surface area contributed by atoms with Gasteiger partial charge < -0.3 is 13.9 Å². The Morgan fingerprint density at radius 2 is 1.92 bits per heavy atom. The molecule has 0 unspecified atom stereocenters. The van der Waals surface area contributed by atoms with Gasteiger partial charge in [0.25, 0.3) is 11.8 Å². The van der Waals surface area contributed by atoms with Crippen LogP contribution in [0.1, 0.15) is 10.4 Å². The van der Waals surface area contributed by atoms with E-state index in [0.717, 1.165) is 0 Å². The number of carbonyl (C=O) groups excluding carboxylic acids is 1. The fourth-order valence-electron chi connectivity index (χ4n) is 2.17. The molecule has 0 saturated carbocycles. The van der Waals surface area contributed by atoms with Crippen molar-refractivity contribution in [3.05, 3.63) is 53.1 Å². The Kier molecular flexibility index (Phi) is 4.85. The van der Waals surface area contributed by atoms with Gasteiger partial charge in [-0.2, -0.15) is 0 Å². The van der Waals surface area contributed by atoms with Crippen molar-refractivity contribution >= 4 is 23.5 Å². The van der Waals surface area contributed by atoms with E-state index in [4.69, 9.17) is 25.5 Å². The van der Waals surface area contributed by atoms with Crippen LogP contribution in [0.25, 0.3) is 11.5 Å². The first kappa shape index (κ1) is 16.8. The maximum Gasteiger partial charge on any atom is 0.322 e. The molecular weight excluding hydrogens is 346 g/mol.